The van der Waals surface area contributed by atoms with Crippen LogP contribution in [0.25, 0.3) is 0 Å². The second-order valence-electron chi connectivity index (χ2n) is 4.61. The van der Waals surface area contributed by atoms with Crippen molar-refractivity contribution in [3.8, 4) is 11.8 Å². The van der Waals surface area contributed by atoms with Crippen molar-refractivity contribution < 1.29 is 4.74 Å². The zero-order chi connectivity index (χ0) is 13.9. The molecule has 1 atom stereocenters. The summed E-state index contributed by atoms with van der Waals surface area (Å²) in [6.45, 7) is 0.578. The molecule has 4 heteroatoms. The molecule has 0 spiro atoms. The highest BCUT2D eigenvalue weighted by Gasteiger charge is 2.22. The van der Waals surface area contributed by atoms with Crippen LogP contribution in [0.2, 0.25) is 5.02 Å². The molecule has 0 fully saturated rings. The quantitative estimate of drug-likeness (QED) is 0.847. The summed E-state index contributed by atoms with van der Waals surface area (Å²) in [6.07, 6.45) is 1.00. The molecule has 0 saturated carbocycles. The highest BCUT2D eigenvalue weighted by molar-refractivity contribution is 8.00. The molecule has 2 aromatic rings. The van der Waals surface area contributed by atoms with Gasteiger partial charge in [-0.3, -0.25) is 0 Å². The summed E-state index contributed by atoms with van der Waals surface area (Å²) in [5.41, 5.74) is 1.90. The summed E-state index contributed by atoms with van der Waals surface area (Å²) in [6, 6.07) is 15.6. The minimum Gasteiger partial charge on any atom is -0.491 e. The number of thioether (sulfide) groups is 1. The molecule has 20 heavy (non-hydrogen) atoms. The molecule has 1 heterocycles. The number of halogens is 1. The SMILES string of the molecule is N#Cc1ccc(Cl)cc1OCC1Cc2ccccc2S1. The van der Waals surface area contributed by atoms with Gasteiger partial charge in [0, 0.05) is 21.2 Å². The number of rotatable bonds is 3. The first-order valence-corrected chi connectivity index (χ1v) is 7.59. The lowest BCUT2D eigenvalue weighted by Gasteiger charge is -2.12. The van der Waals surface area contributed by atoms with Crippen LogP contribution in [0.15, 0.2) is 47.4 Å². The van der Waals surface area contributed by atoms with Gasteiger partial charge >= 0.3 is 0 Å². The minimum absolute atomic E-state index is 0.387. The standard InChI is InChI=1S/C16H12ClNOS/c17-13-6-5-12(9-18)15(8-13)19-10-14-7-11-3-1-2-4-16(11)20-14/h1-6,8,14H,7,10H2. The van der Waals surface area contributed by atoms with Gasteiger partial charge in [-0.15, -0.1) is 11.8 Å². The molecule has 100 valence electrons. The first-order chi connectivity index (χ1) is 9.76. The van der Waals surface area contributed by atoms with Crippen LogP contribution in [-0.4, -0.2) is 11.9 Å². The van der Waals surface area contributed by atoms with Crippen LogP contribution < -0.4 is 4.74 Å². The third kappa shape index (κ3) is 2.77. The molecule has 1 unspecified atom stereocenters. The first-order valence-electron chi connectivity index (χ1n) is 6.33. The van der Waals surface area contributed by atoms with Gasteiger partial charge in [0.25, 0.3) is 0 Å². The van der Waals surface area contributed by atoms with Gasteiger partial charge in [-0.2, -0.15) is 5.26 Å². The molecule has 1 aliphatic rings. The number of ether oxygens (including phenoxy) is 1. The van der Waals surface area contributed by atoms with Crippen molar-refractivity contribution in [2.75, 3.05) is 6.61 Å². The summed E-state index contributed by atoms with van der Waals surface area (Å²) >= 11 is 7.78. The summed E-state index contributed by atoms with van der Waals surface area (Å²) in [5, 5.41) is 10.0. The molecule has 2 aromatic carbocycles. The van der Waals surface area contributed by atoms with Crippen LogP contribution in [-0.2, 0) is 6.42 Å². The fourth-order valence-corrected chi connectivity index (χ4v) is 3.62. The molecule has 0 aromatic heterocycles. The van der Waals surface area contributed by atoms with E-state index in [0.29, 0.717) is 28.2 Å². The molecular weight excluding hydrogens is 290 g/mol. The predicted molar refractivity (Wildman–Crippen MR) is 81.5 cm³/mol. The number of hydrogen-bond acceptors (Lipinski definition) is 3. The Bertz CT molecular complexity index is 655. The van der Waals surface area contributed by atoms with Crippen molar-refractivity contribution in [2.45, 2.75) is 16.6 Å². The third-order valence-corrected chi connectivity index (χ3v) is 4.73. The Morgan fingerprint density at radius 2 is 2.15 bits per heavy atom. The van der Waals surface area contributed by atoms with Crippen molar-refractivity contribution >= 4 is 23.4 Å². The van der Waals surface area contributed by atoms with Gasteiger partial charge < -0.3 is 4.74 Å². The Kier molecular flexibility index (Phi) is 3.86. The van der Waals surface area contributed by atoms with Crippen LogP contribution in [0.3, 0.4) is 0 Å². The van der Waals surface area contributed by atoms with Crippen LogP contribution >= 0.6 is 23.4 Å². The van der Waals surface area contributed by atoms with E-state index < -0.39 is 0 Å². The number of hydrogen-bond donors (Lipinski definition) is 0. The molecule has 2 nitrogen and oxygen atoms in total. The van der Waals surface area contributed by atoms with Gasteiger partial charge in [-0.05, 0) is 30.2 Å². The van der Waals surface area contributed by atoms with Crippen molar-refractivity contribution in [1.82, 2.24) is 0 Å². The maximum absolute atomic E-state index is 9.07. The fourth-order valence-electron chi connectivity index (χ4n) is 2.24. The van der Waals surface area contributed by atoms with Crippen molar-refractivity contribution in [3.05, 3.63) is 58.6 Å². The van der Waals surface area contributed by atoms with Crippen LogP contribution in [0.4, 0.5) is 0 Å². The average molecular weight is 302 g/mol. The Balaban J connectivity index is 1.67. The van der Waals surface area contributed by atoms with E-state index in [9.17, 15) is 0 Å². The highest BCUT2D eigenvalue weighted by atomic mass is 35.5. The van der Waals surface area contributed by atoms with E-state index in [2.05, 4.69) is 30.3 Å². The molecule has 0 bridgehead atoms. The summed E-state index contributed by atoms with van der Waals surface area (Å²) in [7, 11) is 0. The lowest BCUT2D eigenvalue weighted by molar-refractivity contribution is 0.317. The van der Waals surface area contributed by atoms with Gasteiger partial charge in [0.1, 0.15) is 18.4 Å². The van der Waals surface area contributed by atoms with Crippen LogP contribution in [0.5, 0.6) is 5.75 Å². The zero-order valence-corrected chi connectivity index (χ0v) is 12.2. The third-order valence-electron chi connectivity index (χ3n) is 3.20. The van der Waals surface area contributed by atoms with Crippen LogP contribution in [0, 0.1) is 11.3 Å². The van der Waals surface area contributed by atoms with Gasteiger partial charge in [0.2, 0.25) is 0 Å². The summed E-state index contributed by atoms with van der Waals surface area (Å²) in [5.74, 6) is 0.566. The topological polar surface area (TPSA) is 33.0 Å². The van der Waals surface area contributed by atoms with Gasteiger partial charge in [0.15, 0.2) is 0 Å². The van der Waals surface area contributed by atoms with Crippen LogP contribution in [0.1, 0.15) is 11.1 Å². The van der Waals surface area contributed by atoms with Crippen molar-refractivity contribution in [2.24, 2.45) is 0 Å². The van der Waals surface area contributed by atoms with E-state index in [1.165, 1.54) is 10.5 Å². The molecule has 0 radical (unpaired) electrons. The normalized spacial score (nSPS) is 16.5. The Labute approximate surface area is 127 Å². The highest BCUT2D eigenvalue weighted by Crippen LogP contribution is 2.37. The van der Waals surface area contributed by atoms with E-state index in [1.807, 2.05) is 11.8 Å². The number of fused-ring (bicyclic) bond motifs is 1. The van der Waals surface area contributed by atoms with E-state index in [4.69, 9.17) is 21.6 Å². The fraction of sp³-hybridized carbons (Fsp3) is 0.188. The Morgan fingerprint density at radius 1 is 1.30 bits per heavy atom. The maximum Gasteiger partial charge on any atom is 0.138 e. The molecular formula is C16H12ClNOS. The largest absolute Gasteiger partial charge is 0.491 e. The lowest BCUT2D eigenvalue weighted by atomic mass is 10.1. The van der Waals surface area contributed by atoms with Crippen molar-refractivity contribution in [1.29, 1.82) is 5.26 Å². The summed E-state index contributed by atoms with van der Waals surface area (Å²) < 4.78 is 5.80. The molecule has 3 rings (SSSR count). The molecule has 0 N–H and O–H groups in total. The molecule has 0 amide bonds. The summed E-state index contributed by atoms with van der Waals surface area (Å²) in [4.78, 5) is 1.33. The van der Waals surface area contributed by atoms with Gasteiger partial charge in [-0.25, -0.2) is 0 Å². The Hall–Kier alpha value is -1.63. The van der Waals surface area contributed by atoms with E-state index in [0.717, 1.165) is 6.42 Å². The molecule has 0 saturated heterocycles. The second-order valence-corrected chi connectivity index (χ2v) is 6.39. The van der Waals surface area contributed by atoms with Gasteiger partial charge in [0.05, 0.1) is 5.56 Å². The monoisotopic (exact) mass is 301 g/mol. The van der Waals surface area contributed by atoms with Crippen molar-refractivity contribution in [3.63, 3.8) is 0 Å². The predicted octanol–water partition coefficient (Wildman–Crippen LogP) is 4.31. The minimum atomic E-state index is 0.387. The number of nitrogens with zero attached hydrogens (tertiary/aromatic N) is 1. The molecule has 0 aliphatic carbocycles. The lowest BCUT2D eigenvalue weighted by Crippen LogP contribution is -2.13. The maximum atomic E-state index is 9.07. The molecule has 1 aliphatic heterocycles. The second kappa shape index (κ2) is 5.78. The average Bonchev–Trinajstić information content (AvgIpc) is 2.88. The zero-order valence-electron chi connectivity index (χ0n) is 10.7. The number of nitriles is 1. The smallest absolute Gasteiger partial charge is 0.138 e. The Morgan fingerprint density at radius 3 is 2.95 bits per heavy atom. The number of benzene rings is 2. The van der Waals surface area contributed by atoms with Gasteiger partial charge in [-0.1, -0.05) is 29.8 Å². The first kappa shape index (κ1) is 13.4. The van der Waals surface area contributed by atoms with E-state index in [1.54, 1.807) is 18.2 Å². The van der Waals surface area contributed by atoms with E-state index >= 15 is 0 Å². The van der Waals surface area contributed by atoms with E-state index in [-0.39, 0.29) is 0 Å².